The van der Waals surface area contributed by atoms with Crippen molar-refractivity contribution < 1.29 is 13.5 Å². The smallest absolute Gasteiger partial charge is 0.126 e. The first-order valence-corrected chi connectivity index (χ1v) is 7.39. The zero-order valence-corrected chi connectivity index (χ0v) is 13.4. The zero-order valence-electron chi connectivity index (χ0n) is 13.4. The van der Waals surface area contributed by atoms with E-state index < -0.39 is 36.5 Å². The van der Waals surface area contributed by atoms with Gasteiger partial charge < -0.3 is 27.7 Å². The van der Waals surface area contributed by atoms with Gasteiger partial charge in [0.05, 0.1) is 24.7 Å². The molecule has 0 aliphatic heterocycles. The summed E-state index contributed by atoms with van der Waals surface area (Å²) in [4.78, 5) is 0. The molecular weight excluding hydrogens is 302 g/mol. The van der Waals surface area contributed by atoms with Crippen LogP contribution in [0.5, 0.6) is 0 Å². The fraction of sp³-hybridized carbons (Fsp3) is 0.500. The predicted molar refractivity (Wildman–Crippen MR) is 85.9 cm³/mol. The number of hydrogen-bond donors (Lipinski definition) is 4. The molecule has 5 nitrogen and oxygen atoms in total. The van der Waals surface area contributed by atoms with Crippen LogP contribution in [0.1, 0.15) is 13.8 Å². The molecule has 0 aromatic carbocycles. The Bertz CT molecular complexity index is 553. The largest absolute Gasteiger partial charge is 0.457 e. The summed E-state index contributed by atoms with van der Waals surface area (Å²) in [5.41, 5.74) is 22.2. The van der Waals surface area contributed by atoms with E-state index in [1.807, 2.05) is 0 Å². The molecule has 0 bridgehead atoms. The summed E-state index contributed by atoms with van der Waals surface area (Å²) in [7, 11) is 0. The molecule has 0 heterocycles. The number of ether oxygens (including phenoxy) is 1. The van der Waals surface area contributed by atoms with E-state index in [0.717, 1.165) is 0 Å². The standard InChI is InChI=1S/C16H24F2N4O/c1-9-11(7-17)15(19,20)5-3-13(9)23-14-4-6-16(21,22)12(8-18)10(14)2/h3-6,11-12H,7-8,19-22H2,1-2H3. The summed E-state index contributed by atoms with van der Waals surface area (Å²) in [5.74, 6) is -0.484. The number of hydrogen-bond acceptors (Lipinski definition) is 5. The average Bonchev–Trinajstić information content (AvgIpc) is 2.45. The summed E-state index contributed by atoms with van der Waals surface area (Å²) in [6.45, 7) is 2.02. The lowest BCUT2D eigenvalue weighted by molar-refractivity contribution is 0.245. The van der Waals surface area contributed by atoms with Gasteiger partial charge in [-0.1, -0.05) is 0 Å². The highest BCUT2D eigenvalue weighted by Gasteiger charge is 2.37. The van der Waals surface area contributed by atoms with E-state index in [-0.39, 0.29) is 0 Å². The van der Waals surface area contributed by atoms with Crippen LogP contribution in [0.3, 0.4) is 0 Å². The second-order valence-electron chi connectivity index (χ2n) is 6.28. The molecule has 2 rings (SSSR count). The molecule has 128 valence electrons. The monoisotopic (exact) mass is 326 g/mol. The van der Waals surface area contributed by atoms with Crippen LogP contribution >= 0.6 is 0 Å². The Morgan fingerprint density at radius 2 is 1.22 bits per heavy atom. The Balaban J connectivity index is 2.33. The van der Waals surface area contributed by atoms with Crippen LogP contribution in [-0.4, -0.2) is 24.7 Å². The molecule has 0 spiro atoms. The van der Waals surface area contributed by atoms with E-state index in [4.69, 9.17) is 27.7 Å². The molecule has 2 unspecified atom stereocenters. The van der Waals surface area contributed by atoms with Gasteiger partial charge in [-0.2, -0.15) is 0 Å². The first-order chi connectivity index (χ1) is 10.6. The normalized spacial score (nSPS) is 29.2. The third-order valence-electron chi connectivity index (χ3n) is 4.61. The van der Waals surface area contributed by atoms with Gasteiger partial charge in [0.2, 0.25) is 0 Å². The second kappa shape index (κ2) is 6.16. The van der Waals surface area contributed by atoms with Gasteiger partial charge >= 0.3 is 0 Å². The number of alkyl halides is 2. The van der Waals surface area contributed by atoms with Crippen LogP contribution in [0.25, 0.3) is 0 Å². The minimum absolute atomic E-state index is 0.442. The van der Waals surface area contributed by atoms with Crippen LogP contribution in [0.2, 0.25) is 0 Å². The second-order valence-corrected chi connectivity index (χ2v) is 6.28. The maximum Gasteiger partial charge on any atom is 0.126 e. The van der Waals surface area contributed by atoms with Crippen molar-refractivity contribution in [2.24, 2.45) is 34.8 Å². The number of halogens is 2. The van der Waals surface area contributed by atoms with Crippen molar-refractivity contribution >= 4 is 0 Å². The van der Waals surface area contributed by atoms with Crippen molar-refractivity contribution in [2.75, 3.05) is 13.3 Å². The molecule has 0 saturated heterocycles. The lowest BCUT2D eigenvalue weighted by Gasteiger charge is -2.36. The Morgan fingerprint density at radius 3 is 1.52 bits per heavy atom. The molecule has 2 aliphatic carbocycles. The van der Waals surface area contributed by atoms with E-state index >= 15 is 0 Å². The summed E-state index contributed by atoms with van der Waals surface area (Å²) >= 11 is 0. The van der Waals surface area contributed by atoms with Crippen molar-refractivity contribution in [2.45, 2.75) is 25.2 Å². The van der Waals surface area contributed by atoms with E-state index in [9.17, 15) is 8.78 Å². The molecule has 0 saturated carbocycles. The fourth-order valence-electron chi connectivity index (χ4n) is 2.87. The quantitative estimate of drug-likeness (QED) is 0.578. The minimum atomic E-state index is -1.26. The van der Waals surface area contributed by atoms with Gasteiger partial charge in [0, 0.05) is 11.8 Å². The molecule has 0 aromatic rings. The van der Waals surface area contributed by atoms with Gasteiger partial charge in [-0.15, -0.1) is 0 Å². The van der Waals surface area contributed by atoms with Crippen LogP contribution in [0.15, 0.2) is 47.0 Å². The van der Waals surface area contributed by atoms with Crippen molar-refractivity contribution in [3.05, 3.63) is 47.0 Å². The number of rotatable bonds is 4. The minimum Gasteiger partial charge on any atom is -0.457 e. The fourth-order valence-corrected chi connectivity index (χ4v) is 2.87. The summed E-state index contributed by atoms with van der Waals surface area (Å²) < 4.78 is 32.4. The van der Waals surface area contributed by atoms with E-state index in [2.05, 4.69) is 0 Å². The Morgan fingerprint density at radius 1 is 0.870 bits per heavy atom. The Kier molecular flexibility index (Phi) is 4.77. The van der Waals surface area contributed by atoms with E-state index in [0.29, 0.717) is 22.7 Å². The highest BCUT2D eigenvalue weighted by atomic mass is 19.1. The van der Waals surface area contributed by atoms with Gasteiger partial charge in [-0.3, -0.25) is 8.78 Å². The topological polar surface area (TPSA) is 113 Å². The molecule has 7 heteroatoms. The lowest BCUT2D eigenvalue weighted by atomic mass is 9.83. The number of nitrogens with two attached hydrogens (primary N) is 4. The summed E-state index contributed by atoms with van der Waals surface area (Å²) in [6, 6.07) is 0. The SMILES string of the molecule is CC1=C(OC2=C(C)C(CF)C(N)(N)C=C2)C=CC(N)(N)C1CF. The van der Waals surface area contributed by atoms with Crippen LogP contribution in [0.4, 0.5) is 8.78 Å². The highest BCUT2D eigenvalue weighted by molar-refractivity contribution is 5.38. The zero-order chi connectivity index (χ0) is 17.4. The molecule has 2 atom stereocenters. The lowest BCUT2D eigenvalue weighted by Crippen LogP contribution is -2.56. The van der Waals surface area contributed by atoms with Crippen molar-refractivity contribution in [1.82, 2.24) is 0 Å². The highest BCUT2D eigenvalue weighted by Crippen LogP contribution is 2.34. The van der Waals surface area contributed by atoms with Gasteiger partial charge in [0.15, 0.2) is 0 Å². The van der Waals surface area contributed by atoms with Gasteiger partial charge in [-0.05, 0) is 49.3 Å². The average molecular weight is 326 g/mol. The Labute approximate surface area is 134 Å². The van der Waals surface area contributed by atoms with Crippen molar-refractivity contribution in [1.29, 1.82) is 0 Å². The molecular formula is C16H24F2N4O. The molecule has 0 radical (unpaired) electrons. The third-order valence-corrected chi connectivity index (χ3v) is 4.61. The maximum absolute atomic E-state index is 13.3. The van der Waals surface area contributed by atoms with E-state index in [1.165, 1.54) is 12.2 Å². The molecule has 23 heavy (non-hydrogen) atoms. The van der Waals surface area contributed by atoms with Crippen molar-refractivity contribution in [3.63, 3.8) is 0 Å². The number of allylic oxidation sites excluding steroid dienone is 2. The van der Waals surface area contributed by atoms with Crippen LogP contribution < -0.4 is 22.9 Å². The molecule has 2 aliphatic rings. The Hall–Kier alpha value is -1.54. The summed E-state index contributed by atoms with van der Waals surface area (Å²) in [5, 5.41) is 0. The first-order valence-electron chi connectivity index (χ1n) is 7.39. The first kappa shape index (κ1) is 17.8. The molecule has 0 aromatic heterocycles. The third kappa shape index (κ3) is 3.23. The van der Waals surface area contributed by atoms with E-state index in [1.54, 1.807) is 26.0 Å². The summed E-state index contributed by atoms with van der Waals surface area (Å²) in [6.07, 6.45) is 6.22. The molecule has 0 fully saturated rings. The van der Waals surface area contributed by atoms with Crippen molar-refractivity contribution in [3.8, 4) is 0 Å². The van der Waals surface area contributed by atoms with Crippen LogP contribution in [-0.2, 0) is 4.74 Å². The van der Waals surface area contributed by atoms with Crippen LogP contribution in [0, 0.1) is 11.8 Å². The van der Waals surface area contributed by atoms with Gasteiger partial charge in [0.1, 0.15) is 11.5 Å². The predicted octanol–water partition coefficient (Wildman–Crippen LogP) is 1.09. The van der Waals surface area contributed by atoms with Gasteiger partial charge in [-0.25, -0.2) is 0 Å². The van der Waals surface area contributed by atoms with Gasteiger partial charge in [0.25, 0.3) is 0 Å². The maximum atomic E-state index is 13.3. The molecule has 0 amide bonds. The molecule has 8 N–H and O–H groups in total.